The summed E-state index contributed by atoms with van der Waals surface area (Å²) in [5.41, 5.74) is -2.12. The summed E-state index contributed by atoms with van der Waals surface area (Å²) in [7, 11) is 0. The molecule has 60 heavy (non-hydrogen) atoms. The molecule has 2 aromatic rings. The highest BCUT2D eigenvalue weighted by Gasteiger charge is 2.92. The lowest BCUT2D eigenvalue weighted by Crippen LogP contribution is -2.70. The first-order valence-electron chi connectivity index (χ1n) is 15.6. The van der Waals surface area contributed by atoms with Crippen LogP contribution in [0, 0.1) is 0 Å². The molecule has 0 N–H and O–H groups in total. The molecular formula is C33H20F26O. The fourth-order valence-corrected chi connectivity index (χ4v) is 5.27. The number of alkyl halides is 26. The van der Waals surface area contributed by atoms with E-state index in [4.69, 9.17) is 4.74 Å². The Hall–Kier alpha value is -4.10. The molecule has 0 atom stereocenters. The van der Waals surface area contributed by atoms with Crippen LogP contribution in [-0.4, -0.2) is 71.6 Å². The minimum Gasteiger partial charge on any atom is -0.457 e. The van der Waals surface area contributed by atoms with Crippen LogP contribution in [-0.2, 0) is 5.41 Å². The van der Waals surface area contributed by atoms with Gasteiger partial charge in [-0.25, -0.2) is 0 Å². The van der Waals surface area contributed by atoms with E-state index in [0.717, 1.165) is 36.4 Å². The standard InChI is InChI=1S/C33H20F26O/c1-21(2)17-13-15(5-3-11-22(34,35)24(38,39)26(42,43)28(46,47)30(50,51)32(54,55)56)7-9-19(17)60-20-10-8-16(14-18(20)21)6-4-12-23(36,37)25(40,41)27(44,45)29(48,49)31(52,53)33(57,58)59/h3-10,13-14H,11-12H2,1-2H3/b5-3+,6-4+. The van der Waals surface area contributed by atoms with Crippen LogP contribution in [0.25, 0.3) is 12.2 Å². The van der Waals surface area contributed by atoms with Gasteiger partial charge in [-0.15, -0.1) is 0 Å². The van der Waals surface area contributed by atoms with Gasteiger partial charge in [0.05, 0.1) is 0 Å². The van der Waals surface area contributed by atoms with E-state index in [1.807, 2.05) is 0 Å². The van der Waals surface area contributed by atoms with Gasteiger partial charge in [-0.05, 0) is 35.4 Å². The molecule has 0 unspecified atom stereocenters. The van der Waals surface area contributed by atoms with Gasteiger partial charge in [0.25, 0.3) is 0 Å². The van der Waals surface area contributed by atoms with Gasteiger partial charge in [0.1, 0.15) is 11.5 Å². The van der Waals surface area contributed by atoms with Crippen LogP contribution in [0.3, 0.4) is 0 Å². The van der Waals surface area contributed by atoms with Crippen molar-refractivity contribution >= 4 is 12.2 Å². The third-order valence-corrected chi connectivity index (χ3v) is 8.94. The minimum absolute atomic E-state index is 0.0130. The molecule has 0 radical (unpaired) electrons. The van der Waals surface area contributed by atoms with Gasteiger partial charge in [-0.2, -0.15) is 114 Å². The Morgan fingerprint density at radius 3 is 0.933 bits per heavy atom. The highest BCUT2D eigenvalue weighted by atomic mass is 19.4. The lowest BCUT2D eigenvalue weighted by atomic mass is 9.75. The van der Waals surface area contributed by atoms with E-state index in [1.165, 1.54) is 13.8 Å². The van der Waals surface area contributed by atoms with Gasteiger partial charge in [0, 0.05) is 29.4 Å². The normalized spacial score (nSPS) is 16.9. The Balaban J connectivity index is 1.88. The molecule has 3 rings (SSSR count). The predicted octanol–water partition coefficient (Wildman–Crippen LogP) is 14.4. The molecule has 1 aliphatic rings. The second-order valence-electron chi connectivity index (χ2n) is 13.5. The van der Waals surface area contributed by atoms with Crippen molar-refractivity contribution < 1.29 is 119 Å². The summed E-state index contributed by atoms with van der Waals surface area (Å²) in [5.74, 6) is -76.2. The Bertz CT molecular complexity index is 1830. The van der Waals surface area contributed by atoms with Crippen LogP contribution >= 0.6 is 0 Å². The summed E-state index contributed by atoms with van der Waals surface area (Å²) in [6.07, 6.45) is -19.8. The smallest absolute Gasteiger partial charge is 0.457 e. The SMILES string of the molecule is CC1(C)c2cc(/C=C/CC(F)(F)C(F)(F)C(F)(F)C(F)(F)C(F)(F)C(F)(F)F)ccc2Oc2ccc(/C=C/CC(F)(F)C(F)(F)C(F)(F)C(F)(F)C(F)(F)C(F)(F)F)cc21. The maximum Gasteiger partial charge on any atom is 0.460 e. The van der Waals surface area contributed by atoms with Gasteiger partial charge in [-0.3, -0.25) is 0 Å². The number of benzene rings is 2. The topological polar surface area (TPSA) is 9.23 Å². The second kappa shape index (κ2) is 14.5. The third-order valence-electron chi connectivity index (χ3n) is 8.94. The molecule has 0 amide bonds. The van der Waals surface area contributed by atoms with Crippen LogP contribution in [0.4, 0.5) is 114 Å². The predicted molar refractivity (Wildman–Crippen MR) is 154 cm³/mol. The molecule has 1 heterocycles. The molecule has 0 spiro atoms. The van der Waals surface area contributed by atoms with Crippen LogP contribution < -0.4 is 4.74 Å². The second-order valence-corrected chi connectivity index (χ2v) is 13.5. The number of hydrogen-bond donors (Lipinski definition) is 0. The maximum absolute atomic E-state index is 14.2. The van der Waals surface area contributed by atoms with Crippen LogP contribution in [0.2, 0.25) is 0 Å². The van der Waals surface area contributed by atoms with Crippen molar-refractivity contribution in [2.75, 3.05) is 0 Å². The molecule has 0 saturated heterocycles. The minimum atomic E-state index is -8.10. The van der Waals surface area contributed by atoms with Gasteiger partial charge in [0.15, 0.2) is 0 Å². The summed E-state index contributed by atoms with van der Waals surface area (Å²) in [6.45, 7) is 2.66. The highest BCUT2D eigenvalue weighted by molar-refractivity contribution is 5.64. The lowest BCUT2D eigenvalue weighted by Gasteiger charge is -2.39. The number of halogens is 26. The Labute approximate surface area is 317 Å². The van der Waals surface area contributed by atoms with E-state index in [0.29, 0.717) is 12.2 Å². The summed E-state index contributed by atoms with van der Waals surface area (Å²) in [6, 6.07) is 6.05. The number of fused-ring (bicyclic) bond motifs is 2. The number of allylic oxidation sites excluding steroid dienone is 2. The van der Waals surface area contributed by atoms with Gasteiger partial charge in [0.2, 0.25) is 0 Å². The van der Waals surface area contributed by atoms with E-state index in [-0.39, 0.29) is 45.9 Å². The monoisotopic (exact) mass is 926 g/mol. The Morgan fingerprint density at radius 1 is 0.400 bits per heavy atom. The van der Waals surface area contributed by atoms with Gasteiger partial charge < -0.3 is 4.74 Å². The molecule has 0 fully saturated rings. The van der Waals surface area contributed by atoms with Crippen molar-refractivity contribution in [3.05, 3.63) is 70.8 Å². The number of rotatable bonds is 14. The molecule has 340 valence electrons. The Kier molecular flexibility index (Phi) is 12.1. The van der Waals surface area contributed by atoms with Crippen LogP contribution in [0.5, 0.6) is 11.5 Å². The lowest BCUT2D eigenvalue weighted by molar-refractivity contribution is -0.439. The first-order valence-corrected chi connectivity index (χ1v) is 15.6. The fourth-order valence-electron chi connectivity index (χ4n) is 5.27. The van der Waals surface area contributed by atoms with Crippen molar-refractivity contribution in [2.45, 2.75) is 104 Å². The zero-order chi connectivity index (χ0) is 47.2. The molecule has 1 nitrogen and oxygen atoms in total. The molecule has 2 aromatic carbocycles. The summed E-state index contributed by atoms with van der Waals surface area (Å²) < 4.78 is 354. The van der Waals surface area contributed by atoms with E-state index >= 15 is 0 Å². The summed E-state index contributed by atoms with van der Waals surface area (Å²) in [4.78, 5) is 0. The Morgan fingerprint density at radius 2 is 0.667 bits per heavy atom. The zero-order valence-electron chi connectivity index (χ0n) is 28.9. The molecule has 0 saturated carbocycles. The van der Waals surface area contributed by atoms with Crippen molar-refractivity contribution in [2.24, 2.45) is 0 Å². The molecule has 0 aromatic heterocycles. The number of hydrogen-bond acceptors (Lipinski definition) is 1. The molecule has 0 bridgehead atoms. The zero-order valence-corrected chi connectivity index (χ0v) is 28.9. The van der Waals surface area contributed by atoms with Crippen molar-refractivity contribution in [1.82, 2.24) is 0 Å². The third kappa shape index (κ3) is 7.49. The average molecular weight is 926 g/mol. The quantitative estimate of drug-likeness (QED) is 0.172. The first kappa shape index (κ1) is 50.3. The van der Waals surface area contributed by atoms with E-state index in [9.17, 15) is 114 Å². The van der Waals surface area contributed by atoms with Crippen molar-refractivity contribution in [3.8, 4) is 11.5 Å². The van der Waals surface area contributed by atoms with Crippen molar-refractivity contribution in [1.29, 1.82) is 0 Å². The molecule has 0 aliphatic carbocycles. The molecular weight excluding hydrogens is 906 g/mol. The number of ether oxygens (including phenoxy) is 1. The largest absolute Gasteiger partial charge is 0.460 e. The average Bonchev–Trinajstić information content (AvgIpc) is 3.07. The van der Waals surface area contributed by atoms with E-state index in [2.05, 4.69) is 0 Å². The van der Waals surface area contributed by atoms with Gasteiger partial charge in [-0.1, -0.05) is 50.3 Å². The summed E-state index contributed by atoms with van der Waals surface area (Å²) in [5, 5.41) is 0. The highest BCUT2D eigenvalue weighted by Crippen LogP contribution is 2.62. The summed E-state index contributed by atoms with van der Waals surface area (Å²) >= 11 is 0. The molecule has 1 aliphatic heterocycles. The van der Waals surface area contributed by atoms with Crippen molar-refractivity contribution in [3.63, 3.8) is 0 Å². The van der Waals surface area contributed by atoms with E-state index < -0.39 is 89.8 Å². The van der Waals surface area contributed by atoms with Gasteiger partial charge >= 0.3 is 71.6 Å². The van der Waals surface area contributed by atoms with Crippen LogP contribution in [0.15, 0.2) is 48.6 Å². The van der Waals surface area contributed by atoms with E-state index in [1.54, 1.807) is 0 Å². The first-order chi connectivity index (χ1) is 26.4. The fraction of sp³-hybridized carbons (Fsp3) is 0.515. The molecule has 27 heteroatoms. The van der Waals surface area contributed by atoms with Crippen LogP contribution in [0.1, 0.15) is 48.9 Å². The maximum atomic E-state index is 14.2.